The van der Waals surface area contributed by atoms with E-state index in [1.807, 2.05) is 31.5 Å². The molecule has 0 radical (unpaired) electrons. The number of rotatable bonds is 6. The molecule has 0 fully saturated rings. The summed E-state index contributed by atoms with van der Waals surface area (Å²) in [6.45, 7) is 2.09. The number of aryl methyl sites for hydroxylation is 1. The van der Waals surface area contributed by atoms with Gasteiger partial charge in [-0.3, -0.25) is 5.43 Å². The van der Waals surface area contributed by atoms with E-state index >= 15 is 0 Å². The Morgan fingerprint density at radius 1 is 1.30 bits per heavy atom. The number of hydrogen-bond donors (Lipinski definition) is 3. The summed E-state index contributed by atoms with van der Waals surface area (Å²) in [5.41, 5.74) is 5.68. The zero-order chi connectivity index (χ0) is 21.8. The van der Waals surface area contributed by atoms with Crippen LogP contribution in [0, 0.1) is 6.92 Å². The topological polar surface area (TPSA) is 121 Å². The van der Waals surface area contributed by atoms with Gasteiger partial charge in [0.25, 0.3) is 0 Å². The zero-order valence-corrected chi connectivity index (χ0v) is 17.6. The second-order valence-corrected chi connectivity index (χ2v) is 6.90. The van der Waals surface area contributed by atoms with Crippen molar-refractivity contribution in [3.63, 3.8) is 0 Å². The molecular formula is C20H23ClN6O3. The molecule has 158 valence electrons. The summed E-state index contributed by atoms with van der Waals surface area (Å²) in [5.74, 6) is 12.1. The van der Waals surface area contributed by atoms with Gasteiger partial charge in [0.1, 0.15) is 12.4 Å². The van der Waals surface area contributed by atoms with E-state index in [4.69, 9.17) is 32.8 Å². The molecule has 0 atom stereocenters. The van der Waals surface area contributed by atoms with Crippen molar-refractivity contribution in [2.24, 2.45) is 18.7 Å². The van der Waals surface area contributed by atoms with Crippen LogP contribution >= 0.6 is 11.6 Å². The van der Waals surface area contributed by atoms with Gasteiger partial charge in [-0.05, 0) is 31.2 Å². The standard InChI is InChI=1S/C20H23ClN6O3/c1-12-18(25-26(2)19(12)29-3)13-8-9-17(15(21)10-13)30-11-14-6-4-5-7-16(14)27(23)20(28)24-22/h4-10H,11,22-23H2,1-3H3,(H,24,28). The summed E-state index contributed by atoms with van der Waals surface area (Å²) in [4.78, 5) is 11.7. The van der Waals surface area contributed by atoms with Crippen molar-refractivity contribution in [2.75, 3.05) is 12.1 Å². The highest BCUT2D eigenvalue weighted by molar-refractivity contribution is 6.32. The minimum absolute atomic E-state index is 0.150. The summed E-state index contributed by atoms with van der Waals surface area (Å²) in [7, 11) is 3.42. The number of ether oxygens (including phenoxy) is 2. The third-order valence-corrected chi connectivity index (χ3v) is 4.89. The second-order valence-electron chi connectivity index (χ2n) is 6.49. The van der Waals surface area contributed by atoms with Crippen LogP contribution in [0.3, 0.4) is 0 Å². The number of para-hydroxylation sites is 1. The average molecular weight is 431 g/mol. The summed E-state index contributed by atoms with van der Waals surface area (Å²) >= 11 is 6.45. The van der Waals surface area contributed by atoms with Crippen molar-refractivity contribution in [1.29, 1.82) is 0 Å². The van der Waals surface area contributed by atoms with Gasteiger partial charge < -0.3 is 9.47 Å². The number of amides is 2. The number of anilines is 1. The molecule has 5 N–H and O–H groups in total. The molecule has 1 aromatic heterocycles. The predicted octanol–water partition coefficient (Wildman–Crippen LogP) is 2.90. The number of methoxy groups -OCH3 is 1. The Morgan fingerprint density at radius 3 is 2.67 bits per heavy atom. The number of hydrogen-bond acceptors (Lipinski definition) is 6. The van der Waals surface area contributed by atoms with Crippen LogP contribution in [0.5, 0.6) is 11.6 Å². The third-order valence-electron chi connectivity index (χ3n) is 4.60. The smallest absolute Gasteiger partial charge is 0.350 e. The number of carbonyl (C=O) groups excluding carboxylic acids is 1. The van der Waals surface area contributed by atoms with Gasteiger partial charge in [0.2, 0.25) is 5.88 Å². The number of hydrazine groups is 2. The molecule has 1 heterocycles. The van der Waals surface area contributed by atoms with E-state index in [2.05, 4.69) is 5.10 Å². The first kappa shape index (κ1) is 21.4. The van der Waals surface area contributed by atoms with E-state index in [0.717, 1.165) is 21.8 Å². The van der Waals surface area contributed by atoms with E-state index in [0.29, 0.717) is 27.9 Å². The Bertz CT molecular complexity index is 1070. The highest BCUT2D eigenvalue weighted by Crippen LogP contribution is 2.34. The molecule has 0 saturated carbocycles. The van der Waals surface area contributed by atoms with Crippen LogP contribution in [-0.4, -0.2) is 22.9 Å². The molecule has 2 amide bonds. The number of urea groups is 1. The molecule has 0 bridgehead atoms. The Labute approximate surface area is 179 Å². The quantitative estimate of drug-likeness (QED) is 0.314. The fourth-order valence-electron chi connectivity index (χ4n) is 3.14. The third kappa shape index (κ3) is 4.18. The van der Waals surface area contributed by atoms with Gasteiger partial charge in [-0.1, -0.05) is 29.8 Å². The second kappa shape index (κ2) is 9.04. The number of nitrogens with zero attached hydrogens (tertiary/aromatic N) is 3. The molecule has 2 aromatic carbocycles. The maximum Gasteiger partial charge on any atom is 0.350 e. The first-order valence-corrected chi connectivity index (χ1v) is 9.38. The fraction of sp³-hybridized carbons (Fsp3) is 0.200. The van der Waals surface area contributed by atoms with E-state index < -0.39 is 6.03 Å². The maximum atomic E-state index is 11.7. The van der Waals surface area contributed by atoms with Gasteiger partial charge in [-0.25, -0.2) is 26.2 Å². The monoisotopic (exact) mass is 430 g/mol. The van der Waals surface area contributed by atoms with Crippen LogP contribution in [0.1, 0.15) is 11.1 Å². The number of benzene rings is 2. The summed E-state index contributed by atoms with van der Waals surface area (Å²) in [6.07, 6.45) is 0. The van der Waals surface area contributed by atoms with E-state index in [9.17, 15) is 4.79 Å². The molecule has 3 aromatic rings. The molecule has 0 saturated heterocycles. The van der Waals surface area contributed by atoms with Crippen molar-refractivity contribution >= 4 is 23.3 Å². The molecule has 0 spiro atoms. The average Bonchev–Trinajstić information content (AvgIpc) is 3.05. The van der Waals surface area contributed by atoms with Crippen LogP contribution in [0.2, 0.25) is 5.02 Å². The minimum atomic E-state index is -0.647. The molecule has 3 rings (SSSR count). The molecule has 0 aliphatic carbocycles. The minimum Gasteiger partial charge on any atom is -0.487 e. The van der Waals surface area contributed by atoms with E-state index in [1.54, 1.807) is 42.1 Å². The normalized spacial score (nSPS) is 10.6. The number of nitrogens with one attached hydrogen (secondary N) is 1. The molecule has 0 aliphatic heterocycles. The highest BCUT2D eigenvalue weighted by Gasteiger charge is 2.17. The lowest BCUT2D eigenvalue weighted by Crippen LogP contribution is -2.48. The molecule has 30 heavy (non-hydrogen) atoms. The molecular weight excluding hydrogens is 408 g/mol. The Hall–Kier alpha value is -3.27. The zero-order valence-electron chi connectivity index (χ0n) is 16.8. The summed E-state index contributed by atoms with van der Waals surface area (Å²) in [6, 6.07) is 11.8. The van der Waals surface area contributed by atoms with Crippen molar-refractivity contribution in [3.8, 4) is 22.9 Å². The Morgan fingerprint density at radius 2 is 2.03 bits per heavy atom. The molecule has 10 heteroatoms. The van der Waals surface area contributed by atoms with Crippen molar-refractivity contribution < 1.29 is 14.3 Å². The predicted molar refractivity (Wildman–Crippen MR) is 115 cm³/mol. The van der Waals surface area contributed by atoms with E-state index in [1.165, 1.54) is 0 Å². The lowest BCUT2D eigenvalue weighted by atomic mass is 10.1. The maximum absolute atomic E-state index is 11.7. The first-order valence-electron chi connectivity index (χ1n) is 9.01. The summed E-state index contributed by atoms with van der Waals surface area (Å²) in [5, 5.41) is 5.84. The van der Waals surface area contributed by atoms with Gasteiger partial charge in [-0.15, -0.1) is 0 Å². The van der Waals surface area contributed by atoms with Crippen LogP contribution in [0.4, 0.5) is 10.5 Å². The van der Waals surface area contributed by atoms with Gasteiger partial charge in [-0.2, -0.15) is 5.10 Å². The first-order chi connectivity index (χ1) is 14.4. The summed E-state index contributed by atoms with van der Waals surface area (Å²) < 4.78 is 12.9. The van der Waals surface area contributed by atoms with Crippen LogP contribution in [0.25, 0.3) is 11.3 Å². The largest absolute Gasteiger partial charge is 0.487 e. The molecule has 9 nitrogen and oxygen atoms in total. The van der Waals surface area contributed by atoms with Crippen LogP contribution in [-0.2, 0) is 13.7 Å². The van der Waals surface area contributed by atoms with Crippen molar-refractivity contribution in [3.05, 3.63) is 58.6 Å². The van der Waals surface area contributed by atoms with Crippen LogP contribution in [0.15, 0.2) is 42.5 Å². The molecule has 0 unspecified atom stereocenters. The molecule has 0 aliphatic rings. The van der Waals surface area contributed by atoms with Gasteiger partial charge in [0, 0.05) is 23.7 Å². The van der Waals surface area contributed by atoms with Gasteiger partial charge >= 0.3 is 6.03 Å². The lowest BCUT2D eigenvalue weighted by molar-refractivity contribution is 0.246. The number of aromatic nitrogens is 2. The fourth-order valence-corrected chi connectivity index (χ4v) is 3.38. The Kier molecular flexibility index (Phi) is 6.46. The van der Waals surface area contributed by atoms with E-state index in [-0.39, 0.29) is 6.61 Å². The Balaban J connectivity index is 1.81. The van der Waals surface area contributed by atoms with Crippen molar-refractivity contribution in [2.45, 2.75) is 13.5 Å². The number of carbonyl (C=O) groups is 1. The van der Waals surface area contributed by atoms with Gasteiger partial charge in [0.05, 0.1) is 23.5 Å². The van der Waals surface area contributed by atoms with Gasteiger partial charge in [0.15, 0.2) is 0 Å². The number of halogens is 1. The van der Waals surface area contributed by atoms with Crippen molar-refractivity contribution in [1.82, 2.24) is 15.2 Å². The lowest BCUT2D eigenvalue weighted by Gasteiger charge is -2.19. The highest BCUT2D eigenvalue weighted by atomic mass is 35.5. The SMILES string of the molecule is COc1c(C)c(-c2ccc(OCc3ccccc3N(N)C(=O)NN)c(Cl)c2)nn1C. The number of nitrogens with two attached hydrogens (primary N) is 2. The van der Waals surface area contributed by atoms with Crippen LogP contribution < -0.4 is 31.6 Å².